The molecule has 0 radical (unpaired) electrons. The number of carbonyl (C=O) groups is 1. The maximum atomic E-state index is 12.0. The highest BCUT2D eigenvalue weighted by Crippen LogP contribution is 2.10. The van der Waals surface area contributed by atoms with Gasteiger partial charge in [0.2, 0.25) is 5.91 Å². The average Bonchev–Trinajstić information content (AvgIpc) is 2.50. The fourth-order valence-electron chi connectivity index (χ4n) is 1.78. The molecule has 0 aliphatic carbocycles. The Morgan fingerprint density at radius 2 is 2.00 bits per heavy atom. The van der Waals surface area contributed by atoms with Crippen LogP contribution in [0.2, 0.25) is 0 Å². The number of methoxy groups -OCH3 is 1. The predicted molar refractivity (Wildman–Crippen MR) is 80.6 cm³/mol. The van der Waals surface area contributed by atoms with Crippen LogP contribution in [0, 0.1) is 0 Å². The minimum absolute atomic E-state index is 0.00187. The summed E-state index contributed by atoms with van der Waals surface area (Å²) < 4.78 is 29.0. The van der Waals surface area contributed by atoms with Gasteiger partial charge in [0.1, 0.15) is 0 Å². The van der Waals surface area contributed by atoms with Crippen LogP contribution in [-0.2, 0) is 19.4 Å². The Kier molecular flexibility index (Phi) is 7.35. The fourth-order valence-corrected chi connectivity index (χ4v) is 3.11. The molecule has 118 valence electrons. The average molecular weight is 314 g/mol. The monoisotopic (exact) mass is 314 g/mol. The lowest BCUT2D eigenvalue weighted by atomic mass is 10.2. The molecule has 0 bridgehead atoms. The minimum atomic E-state index is -3.29. The van der Waals surface area contributed by atoms with Gasteiger partial charge in [0, 0.05) is 20.2 Å². The summed E-state index contributed by atoms with van der Waals surface area (Å²) in [6.07, 6.45) is 0.236. The van der Waals surface area contributed by atoms with E-state index in [9.17, 15) is 13.2 Å². The van der Waals surface area contributed by atoms with Crippen molar-refractivity contribution < 1.29 is 17.9 Å². The summed E-state index contributed by atoms with van der Waals surface area (Å²) >= 11 is 0. The number of amides is 1. The van der Waals surface area contributed by atoms with Crippen molar-refractivity contribution in [3.63, 3.8) is 0 Å². The van der Waals surface area contributed by atoms with Gasteiger partial charge >= 0.3 is 0 Å². The van der Waals surface area contributed by atoms with Gasteiger partial charge in [0.25, 0.3) is 0 Å². The van der Waals surface area contributed by atoms with Crippen LogP contribution >= 0.6 is 0 Å². The number of hydrogen-bond donors (Lipinski definition) is 2. The Bertz CT molecular complexity index is 527. The van der Waals surface area contributed by atoms with E-state index in [1.807, 2.05) is 0 Å². The lowest BCUT2D eigenvalue weighted by Crippen LogP contribution is -2.33. The second kappa shape index (κ2) is 8.76. The Balaban J connectivity index is 2.33. The molecule has 3 N–H and O–H groups in total. The van der Waals surface area contributed by atoms with Crippen LogP contribution in [0.4, 0.5) is 0 Å². The molecule has 0 saturated heterocycles. The molecule has 1 rings (SSSR count). The Morgan fingerprint density at radius 3 is 2.57 bits per heavy atom. The number of sulfone groups is 1. The standard InChI is InChI=1S/C14H22N2O4S/c1-20-12(11-15)10-14(17)16-8-5-9-21(18,19)13-6-3-2-4-7-13/h2-4,6-7,12H,5,8-11,15H2,1H3,(H,16,17). The summed E-state index contributed by atoms with van der Waals surface area (Å²) in [6, 6.07) is 8.28. The van der Waals surface area contributed by atoms with Crippen molar-refractivity contribution in [1.29, 1.82) is 0 Å². The van der Waals surface area contributed by atoms with Crippen LogP contribution in [0.15, 0.2) is 35.2 Å². The third-order valence-electron chi connectivity index (χ3n) is 3.02. The number of carbonyl (C=O) groups excluding carboxylic acids is 1. The Hall–Kier alpha value is -1.44. The first-order chi connectivity index (χ1) is 9.99. The van der Waals surface area contributed by atoms with E-state index in [1.165, 1.54) is 7.11 Å². The zero-order valence-corrected chi connectivity index (χ0v) is 12.9. The van der Waals surface area contributed by atoms with Gasteiger partial charge in [-0.05, 0) is 18.6 Å². The van der Waals surface area contributed by atoms with Gasteiger partial charge in [-0.3, -0.25) is 4.79 Å². The van der Waals surface area contributed by atoms with Crippen LogP contribution in [0.1, 0.15) is 12.8 Å². The molecule has 1 unspecified atom stereocenters. The molecule has 21 heavy (non-hydrogen) atoms. The van der Waals surface area contributed by atoms with E-state index in [4.69, 9.17) is 10.5 Å². The first-order valence-electron chi connectivity index (χ1n) is 6.77. The summed E-state index contributed by atoms with van der Waals surface area (Å²) in [5.74, 6) is -0.188. The van der Waals surface area contributed by atoms with Crippen molar-refractivity contribution in [1.82, 2.24) is 5.32 Å². The fraction of sp³-hybridized carbons (Fsp3) is 0.500. The number of nitrogens with one attached hydrogen (secondary N) is 1. The molecule has 6 nitrogen and oxygen atoms in total. The molecule has 7 heteroatoms. The van der Waals surface area contributed by atoms with Gasteiger partial charge in [-0.1, -0.05) is 18.2 Å². The van der Waals surface area contributed by atoms with Crippen LogP contribution in [-0.4, -0.2) is 46.4 Å². The molecule has 1 amide bonds. The van der Waals surface area contributed by atoms with Gasteiger partial charge in [-0.25, -0.2) is 8.42 Å². The molecule has 1 aromatic rings. The van der Waals surface area contributed by atoms with E-state index in [0.29, 0.717) is 17.9 Å². The van der Waals surface area contributed by atoms with Crippen LogP contribution in [0.5, 0.6) is 0 Å². The van der Waals surface area contributed by atoms with E-state index in [0.717, 1.165) is 0 Å². The molecule has 0 aromatic heterocycles. The second-order valence-corrected chi connectivity index (χ2v) is 6.74. The van der Waals surface area contributed by atoms with Crippen molar-refractivity contribution in [2.24, 2.45) is 5.73 Å². The van der Waals surface area contributed by atoms with Crippen molar-refractivity contribution in [2.75, 3.05) is 26.0 Å². The predicted octanol–water partition coefficient (Wildman–Crippen LogP) is 0.330. The second-order valence-electron chi connectivity index (χ2n) is 4.63. The van der Waals surface area contributed by atoms with E-state index < -0.39 is 9.84 Å². The molecular formula is C14H22N2O4S. The third-order valence-corrected chi connectivity index (χ3v) is 4.84. The molecule has 0 heterocycles. The normalized spacial score (nSPS) is 12.9. The Morgan fingerprint density at radius 1 is 1.33 bits per heavy atom. The van der Waals surface area contributed by atoms with E-state index in [1.54, 1.807) is 30.3 Å². The van der Waals surface area contributed by atoms with Crippen molar-refractivity contribution in [3.8, 4) is 0 Å². The maximum absolute atomic E-state index is 12.0. The first-order valence-corrected chi connectivity index (χ1v) is 8.42. The van der Waals surface area contributed by atoms with E-state index in [-0.39, 0.29) is 30.7 Å². The van der Waals surface area contributed by atoms with E-state index >= 15 is 0 Å². The molecule has 1 aromatic carbocycles. The SMILES string of the molecule is COC(CN)CC(=O)NCCCS(=O)(=O)c1ccccc1. The number of benzene rings is 1. The molecule has 1 atom stereocenters. The number of hydrogen-bond acceptors (Lipinski definition) is 5. The van der Waals surface area contributed by atoms with Crippen molar-refractivity contribution in [3.05, 3.63) is 30.3 Å². The minimum Gasteiger partial charge on any atom is -0.380 e. The van der Waals surface area contributed by atoms with Gasteiger partial charge < -0.3 is 15.8 Å². The Labute approximate surface area is 125 Å². The van der Waals surface area contributed by atoms with Crippen LogP contribution in [0.3, 0.4) is 0 Å². The third kappa shape index (κ3) is 6.24. The van der Waals surface area contributed by atoms with Gasteiger partial charge in [-0.15, -0.1) is 0 Å². The smallest absolute Gasteiger partial charge is 0.222 e. The van der Waals surface area contributed by atoms with Gasteiger partial charge in [0.15, 0.2) is 9.84 Å². The quantitative estimate of drug-likeness (QED) is 0.640. The van der Waals surface area contributed by atoms with E-state index in [2.05, 4.69) is 5.32 Å². The molecule has 0 saturated carbocycles. The molecule has 0 fully saturated rings. The summed E-state index contributed by atoms with van der Waals surface area (Å²) in [6.45, 7) is 0.582. The highest BCUT2D eigenvalue weighted by molar-refractivity contribution is 7.91. The first kappa shape index (κ1) is 17.6. The summed E-state index contributed by atoms with van der Waals surface area (Å²) in [5, 5.41) is 2.67. The number of rotatable bonds is 9. The van der Waals surface area contributed by atoms with Gasteiger partial charge in [0.05, 0.1) is 23.2 Å². The lowest BCUT2D eigenvalue weighted by Gasteiger charge is -2.12. The molecular weight excluding hydrogens is 292 g/mol. The number of ether oxygens (including phenoxy) is 1. The largest absolute Gasteiger partial charge is 0.380 e. The summed E-state index contributed by atoms with van der Waals surface area (Å²) in [4.78, 5) is 11.9. The number of nitrogens with two attached hydrogens (primary N) is 1. The van der Waals surface area contributed by atoms with Gasteiger partial charge in [-0.2, -0.15) is 0 Å². The zero-order valence-electron chi connectivity index (χ0n) is 12.1. The highest BCUT2D eigenvalue weighted by Gasteiger charge is 2.14. The summed E-state index contributed by atoms with van der Waals surface area (Å²) in [7, 11) is -1.79. The summed E-state index contributed by atoms with van der Waals surface area (Å²) in [5.41, 5.74) is 5.42. The topological polar surface area (TPSA) is 98.5 Å². The highest BCUT2D eigenvalue weighted by atomic mass is 32.2. The van der Waals surface area contributed by atoms with Crippen LogP contribution in [0.25, 0.3) is 0 Å². The maximum Gasteiger partial charge on any atom is 0.222 e. The van der Waals surface area contributed by atoms with Crippen LogP contribution < -0.4 is 11.1 Å². The molecule has 0 aliphatic heterocycles. The molecule has 0 spiro atoms. The van der Waals surface area contributed by atoms with Crippen molar-refractivity contribution >= 4 is 15.7 Å². The lowest BCUT2D eigenvalue weighted by molar-refractivity contribution is -0.123. The molecule has 0 aliphatic rings. The van der Waals surface area contributed by atoms with Crippen molar-refractivity contribution in [2.45, 2.75) is 23.8 Å². The zero-order chi connectivity index (χ0) is 15.7.